The van der Waals surface area contributed by atoms with E-state index in [0.717, 1.165) is 28.9 Å². The summed E-state index contributed by atoms with van der Waals surface area (Å²) in [6.07, 6.45) is 6.54. The van der Waals surface area contributed by atoms with E-state index in [-0.39, 0.29) is 0 Å². The van der Waals surface area contributed by atoms with Gasteiger partial charge in [-0.05, 0) is 41.8 Å². The molecule has 0 radical (unpaired) electrons. The molecule has 6 heteroatoms. The molecule has 27 heavy (non-hydrogen) atoms. The van der Waals surface area contributed by atoms with Crippen LogP contribution in [0.2, 0.25) is 0 Å². The van der Waals surface area contributed by atoms with Crippen LogP contribution in [-0.2, 0) is 25.5 Å². The molecule has 0 spiro atoms. The molecular weight excluding hydrogens is 344 g/mol. The van der Waals surface area contributed by atoms with Gasteiger partial charge in [-0.25, -0.2) is 19.6 Å². The molecule has 2 aliphatic heterocycles. The van der Waals surface area contributed by atoms with Crippen molar-refractivity contribution in [1.29, 1.82) is 0 Å². The Kier molecular flexibility index (Phi) is 4.45. The van der Waals surface area contributed by atoms with E-state index in [0.29, 0.717) is 11.8 Å². The summed E-state index contributed by atoms with van der Waals surface area (Å²) in [6, 6.07) is 15.4. The van der Waals surface area contributed by atoms with E-state index >= 15 is 0 Å². The van der Waals surface area contributed by atoms with Crippen molar-refractivity contribution in [2.75, 3.05) is 0 Å². The summed E-state index contributed by atoms with van der Waals surface area (Å²) >= 11 is 0. The first-order valence-corrected chi connectivity index (χ1v) is 8.29. The summed E-state index contributed by atoms with van der Waals surface area (Å²) in [6.45, 7) is 0. The topological polar surface area (TPSA) is 77.3 Å². The van der Waals surface area contributed by atoms with Gasteiger partial charge in [-0.1, -0.05) is 24.3 Å². The standard InChI is InChI=1S/C21H14N2O4/c24-20-11-9-18(26-20)22-16-5-1-14(2-6-16)13-15-3-7-17(8-4-15)23-19-10-12-21(25)27-19/h1-12H,13H2. The Morgan fingerprint density at radius 2 is 1.00 bits per heavy atom. The molecule has 0 bridgehead atoms. The molecule has 6 nitrogen and oxygen atoms in total. The number of benzene rings is 2. The van der Waals surface area contributed by atoms with Crippen molar-refractivity contribution in [2.45, 2.75) is 6.42 Å². The average molecular weight is 358 g/mol. The first kappa shape index (κ1) is 16.7. The minimum absolute atomic E-state index is 0.299. The molecule has 0 fully saturated rings. The maximum atomic E-state index is 11.0. The Morgan fingerprint density at radius 3 is 1.33 bits per heavy atom. The molecule has 0 amide bonds. The van der Waals surface area contributed by atoms with Crippen LogP contribution in [0.3, 0.4) is 0 Å². The molecule has 2 aromatic carbocycles. The molecule has 132 valence electrons. The summed E-state index contributed by atoms with van der Waals surface area (Å²) in [5.74, 6) is -0.206. The Balaban J connectivity index is 1.40. The van der Waals surface area contributed by atoms with Crippen LogP contribution < -0.4 is 0 Å². The highest BCUT2D eigenvalue weighted by molar-refractivity contribution is 6.09. The van der Waals surface area contributed by atoms with Crippen molar-refractivity contribution in [3.8, 4) is 0 Å². The maximum Gasteiger partial charge on any atom is 0.337 e. The highest BCUT2D eigenvalue weighted by atomic mass is 16.5. The van der Waals surface area contributed by atoms with Gasteiger partial charge in [0.05, 0.1) is 11.4 Å². The zero-order valence-electron chi connectivity index (χ0n) is 14.2. The fourth-order valence-electron chi connectivity index (χ4n) is 2.61. The minimum Gasteiger partial charge on any atom is -0.404 e. The SMILES string of the molecule is O=C1C=CC(=Nc2ccc(Cc3ccc(N=C4C=CC(=O)O4)cc3)cc2)O1. The lowest BCUT2D eigenvalue weighted by Gasteiger charge is -2.04. The third-order valence-electron chi connectivity index (χ3n) is 3.89. The van der Waals surface area contributed by atoms with Gasteiger partial charge in [0.25, 0.3) is 0 Å². The average Bonchev–Trinajstić information content (AvgIpc) is 3.26. The first-order valence-electron chi connectivity index (χ1n) is 8.29. The number of aliphatic imine (C=N–C) groups is 2. The van der Waals surface area contributed by atoms with Crippen LogP contribution in [0.15, 0.2) is 82.8 Å². The lowest BCUT2D eigenvalue weighted by atomic mass is 10.0. The number of hydrogen-bond acceptors (Lipinski definition) is 6. The van der Waals surface area contributed by atoms with Crippen molar-refractivity contribution in [2.24, 2.45) is 9.98 Å². The van der Waals surface area contributed by atoms with Gasteiger partial charge in [0.1, 0.15) is 0 Å². The van der Waals surface area contributed by atoms with E-state index in [1.165, 1.54) is 12.2 Å². The van der Waals surface area contributed by atoms with Crippen LogP contribution in [-0.4, -0.2) is 23.7 Å². The van der Waals surface area contributed by atoms with Gasteiger partial charge >= 0.3 is 11.9 Å². The highest BCUT2D eigenvalue weighted by Crippen LogP contribution is 2.20. The van der Waals surface area contributed by atoms with Crippen molar-refractivity contribution >= 4 is 35.1 Å². The number of esters is 2. The largest absolute Gasteiger partial charge is 0.404 e. The number of cyclic esters (lactones) is 2. The number of rotatable bonds is 4. The third kappa shape index (κ3) is 4.24. The zero-order valence-corrected chi connectivity index (χ0v) is 14.2. The van der Waals surface area contributed by atoms with Crippen molar-refractivity contribution in [3.05, 3.63) is 84.0 Å². The second kappa shape index (κ2) is 7.21. The molecule has 2 aliphatic rings. The third-order valence-corrected chi connectivity index (χ3v) is 3.89. The van der Waals surface area contributed by atoms with Crippen LogP contribution in [0.25, 0.3) is 0 Å². The quantitative estimate of drug-likeness (QED) is 0.783. The van der Waals surface area contributed by atoms with Gasteiger partial charge in [-0.15, -0.1) is 0 Å². The first-order chi connectivity index (χ1) is 13.1. The lowest BCUT2D eigenvalue weighted by Crippen LogP contribution is -1.98. The monoisotopic (exact) mass is 358 g/mol. The van der Waals surface area contributed by atoms with E-state index in [1.807, 2.05) is 48.5 Å². The number of carbonyl (C=O) groups excluding carboxylic acids is 2. The molecule has 0 saturated carbocycles. The van der Waals surface area contributed by atoms with Crippen LogP contribution >= 0.6 is 0 Å². The van der Waals surface area contributed by atoms with Crippen molar-refractivity contribution in [1.82, 2.24) is 0 Å². The van der Waals surface area contributed by atoms with Crippen LogP contribution in [0.1, 0.15) is 11.1 Å². The van der Waals surface area contributed by atoms with Crippen LogP contribution in [0.4, 0.5) is 11.4 Å². The molecule has 2 heterocycles. The Bertz CT molecular complexity index is 930. The molecule has 0 atom stereocenters. The number of ether oxygens (including phenoxy) is 2. The van der Waals surface area contributed by atoms with E-state index in [2.05, 4.69) is 9.98 Å². The van der Waals surface area contributed by atoms with Gasteiger partial charge in [-0.3, -0.25) is 0 Å². The van der Waals surface area contributed by atoms with Gasteiger partial charge in [0, 0.05) is 24.3 Å². The smallest absolute Gasteiger partial charge is 0.337 e. The summed E-state index contributed by atoms with van der Waals surface area (Å²) < 4.78 is 9.83. The van der Waals surface area contributed by atoms with Crippen LogP contribution in [0, 0.1) is 0 Å². The molecule has 0 saturated heterocycles. The summed E-state index contributed by atoms with van der Waals surface area (Å²) in [4.78, 5) is 30.5. The van der Waals surface area contributed by atoms with Crippen LogP contribution in [0.5, 0.6) is 0 Å². The summed E-state index contributed by atoms with van der Waals surface area (Å²) in [5, 5.41) is 0. The molecule has 0 unspecified atom stereocenters. The molecule has 0 aromatic heterocycles. The van der Waals surface area contributed by atoms with E-state index in [9.17, 15) is 9.59 Å². The number of carbonyl (C=O) groups is 2. The van der Waals surface area contributed by atoms with Gasteiger partial charge in [0.2, 0.25) is 11.8 Å². The Morgan fingerprint density at radius 1 is 0.593 bits per heavy atom. The van der Waals surface area contributed by atoms with Gasteiger partial charge < -0.3 is 9.47 Å². The molecule has 0 N–H and O–H groups in total. The predicted octanol–water partition coefficient (Wildman–Crippen LogP) is 3.56. The van der Waals surface area contributed by atoms with Gasteiger partial charge in [0.15, 0.2) is 0 Å². The lowest BCUT2D eigenvalue weighted by molar-refractivity contribution is -0.130. The van der Waals surface area contributed by atoms with E-state index < -0.39 is 11.9 Å². The highest BCUT2D eigenvalue weighted by Gasteiger charge is 2.11. The number of nitrogens with zero attached hydrogens (tertiary/aromatic N) is 2. The fraction of sp³-hybridized carbons (Fsp3) is 0.0476. The molecular formula is C21H14N2O4. The fourth-order valence-corrected chi connectivity index (χ4v) is 2.61. The molecule has 2 aromatic rings. The number of hydrogen-bond donors (Lipinski definition) is 0. The summed E-state index contributed by atoms with van der Waals surface area (Å²) in [5.41, 5.74) is 3.70. The minimum atomic E-state index is -0.402. The van der Waals surface area contributed by atoms with Crippen molar-refractivity contribution in [3.63, 3.8) is 0 Å². The predicted molar refractivity (Wildman–Crippen MR) is 100 cm³/mol. The second-order valence-electron chi connectivity index (χ2n) is 5.92. The van der Waals surface area contributed by atoms with Gasteiger partial charge in [-0.2, -0.15) is 0 Å². The zero-order chi connectivity index (χ0) is 18.6. The summed E-state index contributed by atoms with van der Waals surface area (Å²) in [7, 11) is 0. The van der Waals surface area contributed by atoms with E-state index in [1.54, 1.807) is 12.2 Å². The Labute approximate surface area is 155 Å². The second-order valence-corrected chi connectivity index (χ2v) is 5.92. The molecule has 4 rings (SSSR count). The van der Waals surface area contributed by atoms with E-state index in [4.69, 9.17) is 9.47 Å². The Hall–Kier alpha value is -3.80. The normalized spacial score (nSPS) is 18.4. The van der Waals surface area contributed by atoms with Crippen molar-refractivity contribution < 1.29 is 19.1 Å². The maximum absolute atomic E-state index is 11.0. The molecule has 0 aliphatic carbocycles.